The molecule has 0 aliphatic heterocycles. The van der Waals surface area contributed by atoms with E-state index in [1.165, 1.54) is 25.3 Å². The van der Waals surface area contributed by atoms with E-state index in [4.69, 9.17) is 4.74 Å². The Bertz CT molecular complexity index is 1400. The minimum Gasteiger partial charge on any atom is -0.465 e. The van der Waals surface area contributed by atoms with E-state index < -0.39 is 11.2 Å². The van der Waals surface area contributed by atoms with Gasteiger partial charge in [-0.25, -0.2) is 4.79 Å². The summed E-state index contributed by atoms with van der Waals surface area (Å²) in [6.45, 7) is 3.57. The molecular formula is C31H35N3O5S2. The Balaban J connectivity index is 1.48. The van der Waals surface area contributed by atoms with Gasteiger partial charge in [-0.05, 0) is 62.1 Å². The Labute approximate surface area is 248 Å². The standard InChI is InChI=1S/C31H35N3O5S2/c1-4-24(40-23-17-11-16-22(18-23)33-27(35)20-12-7-5-8-13-20)28(36)34-30-25(31(38)39-3)19(2)26(41-30)29(37)32-21-14-9-6-10-15-21/h6,9-11,14-18,20,24H,4-5,7-8,12-13H2,1-3H3,(H,32,37)(H,33,35)(H,34,36). The third-order valence-electron chi connectivity index (χ3n) is 7.03. The van der Waals surface area contributed by atoms with Crippen LogP contribution in [0, 0.1) is 12.8 Å². The zero-order valence-electron chi connectivity index (χ0n) is 23.5. The molecule has 3 amide bonds. The second kappa shape index (κ2) is 14.3. The molecule has 4 rings (SSSR count). The van der Waals surface area contributed by atoms with Gasteiger partial charge in [-0.1, -0.05) is 50.5 Å². The zero-order chi connectivity index (χ0) is 29.4. The highest BCUT2D eigenvalue weighted by molar-refractivity contribution is 8.00. The summed E-state index contributed by atoms with van der Waals surface area (Å²) in [5, 5.41) is 8.53. The van der Waals surface area contributed by atoms with E-state index in [-0.39, 0.29) is 34.2 Å². The van der Waals surface area contributed by atoms with Crippen LogP contribution in [0.4, 0.5) is 16.4 Å². The number of nitrogens with one attached hydrogen (secondary N) is 3. The summed E-state index contributed by atoms with van der Waals surface area (Å²) in [5.74, 6) is -1.21. The molecule has 0 saturated heterocycles. The van der Waals surface area contributed by atoms with Gasteiger partial charge in [-0.2, -0.15) is 0 Å². The Morgan fingerprint density at radius 1 is 0.951 bits per heavy atom. The number of para-hydroxylation sites is 1. The van der Waals surface area contributed by atoms with E-state index in [1.807, 2.05) is 49.4 Å². The summed E-state index contributed by atoms with van der Waals surface area (Å²) in [4.78, 5) is 53.0. The smallest absolute Gasteiger partial charge is 0.341 e. The number of hydrogen-bond donors (Lipinski definition) is 3. The fourth-order valence-corrected chi connectivity index (χ4v) is 6.92. The molecule has 1 unspecified atom stereocenters. The number of carbonyl (C=O) groups excluding carboxylic acids is 4. The van der Waals surface area contributed by atoms with E-state index in [2.05, 4.69) is 16.0 Å². The lowest BCUT2D eigenvalue weighted by Crippen LogP contribution is -2.25. The molecule has 0 bridgehead atoms. The van der Waals surface area contributed by atoms with Crippen LogP contribution in [0.1, 0.15) is 71.0 Å². The van der Waals surface area contributed by atoms with Crippen molar-refractivity contribution in [2.24, 2.45) is 5.92 Å². The molecule has 1 heterocycles. The normalized spacial score (nSPS) is 14.1. The lowest BCUT2D eigenvalue weighted by Gasteiger charge is -2.21. The van der Waals surface area contributed by atoms with E-state index in [0.29, 0.717) is 28.2 Å². The molecule has 3 aromatic rings. The molecule has 3 N–H and O–H groups in total. The quantitative estimate of drug-likeness (QED) is 0.170. The average Bonchev–Trinajstić information content (AvgIpc) is 3.31. The number of benzene rings is 2. The summed E-state index contributed by atoms with van der Waals surface area (Å²) in [6.07, 6.45) is 5.72. The first-order chi connectivity index (χ1) is 19.8. The largest absolute Gasteiger partial charge is 0.465 e. The number of carbonyl (C=O) groups is 4. The summed E-state index contributed by atoms with van der Waals surface area (Å²) in [6, 6.07) is 16.5. The molecule has 1 aliphatic rings. The lowest BCUT2D eigenvalue weighted by atomic mass is 9.88. The first kappa shape index (κ1) is 30.3. The molecule has 1 saturated carbocycles. The van der Waals surface area contributed by atoms with E-state index >= 15 is 0 Å². The molecular weight excluding hydrogens is 558 g/mol. The number of thioether (sulfide) groups is 1. The fourth-order valence-electron chi connectivity index (χ4n) is 4.81. The number of hydrogen-bond acceptors (Lipinski definition) is 7. The van der Waals surface area contributed by atoms with Crippen molar-refractivity contribution in [3.8, 4) is 0 Å². The number of esters is 1. The van der Waals surface area contributed by atoms with Crippen LogP contribution >= 0.6 is 23.1 Å². The first-order valence-corrected chi connectivity index (χ1v) is 15.5. The Kier molecular flexibility index (Phi) is 10.6. The zero-order valence-corrected chi connectivity index (χ0v) is 25.1. The third kappa shape index (κ3) is 7.77. The van der Waals surface area contributed by atoms with E-state index in [9.17, 15) is 19.2 Å². The van der Waals surface area contributed by atoms with Crippen molar-refractivity contribution >= 4 is 63.2 Å². The molecule has 0 radical (unpaired) electrons. The second-order valence-corrected chi connectivity index (χ2v) is 12.2. The molecule has 8 nitrogen and oxygen atoms in total. The van der Waals surface area contributed by atoms with Gasteiger partial charge in [-0.3, -0.25) is 14.4 Å². The maximum atomic E-state index is 13.4. The summed E-state index contributed by atoms with van der Waals surface area (Å²) in [5.41, 5.74) is 1.93. The molecule has 1 fully saturated rings. The molecule has 1 aromatic heterocycles. The van der Waals surface area contributed by atoms with Gasteiger partial charge in [0.2, 0.25) is 11.8 Å². The topological polar surface area (TPSA) is 114 Å². The first-order valence-electron chi connectivity index (χ1n) is 13.8. The highest BCUT2D eigenvalue weighted by Gasteiger charge is 2.28. The molecule has 10 heteroatoms. The van der Waals surface area contributed by atoms with Crippen LogP contribution in [0.2, 0.25) is 0 Å². The summed E-state index contributed by atoms with van der Waals surface area (Å²) in [7, 11) is 1.26. The molecule has 1 aliphatic carbocycles. The van der Waals surface area contributed by atoms with Gasteiger partial charge in [-0.15, -0.1) is 23.1 Å². The Morgan fingerprint density at radius 2 is 1.66 bits per heavy atom. The van der Waals surface area contributed by atoms with Gasteiger partial charge >= 0.3 is 5.97 Å². The number of ether oxygens (including phenoxy) is 1. The van der Waals surface area contributed by atoms with Gasteiger partial charge in [0.15, 0.2) is 0 Å². The molecule has 216 valence electrons. The van der Waals surface area contributed by atoms with Crippen LogP contribution in [-0.4, -0.2) is 36.1 Å². The number of methoxy groups -OCH3 is 1. The van der Waals surface area contributed by atoms with Crippen molar-refractivity contribution in [1.29, 1.82) is 0 Å². The molecule has 41 heavy (non-hydrogen) atoms. The minimum atomic E-state index is -0.630. The fraction of sp³-hybridized carbons (Fsp3) is 0.355. The number of amides is 3. The third-order valence-corrected chi connectivity index (χ3v) is 9.59. The van der Waals surface area contributed by atoms with Gasteiger partial charge in [0, 0.05) is 22.2 Å². The molecule has 2 aromatic carbocycles. The summed E-state index contributed by atoms with van der Waals surface area (Å²) >= 11 is 2.42. The molecule has 0 spiro atoms. The summed E-state index contributed by atoms with van der Waals surface area (Å²) < 4.78 is 4.97. The Hall–Kier alpha value is -3.63. The van der Waals surface area contributed by atoms with Gasteiger partial charge in [0.25, 0.3) is 5.91 Å². The van der Waals surface area contributed by atoms with Crippen LogP contribution in [-0.2, 0) is 14.3 Å². The maximum absolute atomic E-state index is 13.4. The maximum Gasteiger partial charge on any atom is 0.341 e. The van der Waals surface area contributed by atoms with Crippen molar-refractivity contribution < 1.29 is 23.9 Å². The number of thiophene rings is 1. The van der Waals surface area contributed by atoms with Crippen molar-refractivity contribution in [1.82, 2.24) is 0 Å². The van der Waals surface area contributed by atoms with Gasteiger partial charge in [0.1, 0.15) is 5.00 Å². The van der Waals surface area contributed by atoms with Crippen LogP contribution < -0.4 is 16.0 Å². The monoisotopic (exact) mass is 593 g/mol. The minimum absolute atomic E-state index is 0.0483. The average molecular weight is 594 g/mol. The number of anilines is 3. The predicted molar refractivity (Wildman–Crippen MR) is 165 cm³/mol. The SMILES string of the molecule is CCC(Sc1cccc(NC(=O)C2CCCCC2)c1)C(=O)Nc1sc(C(=O)Nc2ccccc2)c(C)c1C(=O)OC. The van der Waals surface area contributed by atoms with E-state index in [0.717, 1.165) is 41.9 Å². The van der Waals surface area contributed by atoms with Crippen molar-refractivity contribution in [2.45, 2.75) is 62.5 Å². The predicted octanol–water partition coefficient (Wildman–Crippen LogP) is 7.12. The van der Waals surface area contributed by atoms with Crippen LogP contribution in [0.3, 0.4) is 0 Å². The van der Waals surface area contributed by atoms with Crippen molar-refractivity contribution in [3.05, 3.63) is 70.6 Å². The van der Waals surface area contributed by atoms with Crippen LogP contribution in [0.25, 0.3) is 0 Å². The lowest BCUT2D eigenvalue weighted by molar-refractivity contribution is -0.120. The van der Waals surface area contributed by atoms with Gasteiger partial charge in [0.05, 0.1) is 22.8 Å². The van der Waals surface area contributed by atoms with Gasteiger partial charge < -0.3 is 20.7 Å². The van der Waals surface area contributed by atoms with Crippen molar-refractivity contribution in [3.63, 3.8) is 0 Å². The van der Waals surface area contributed by atoms with Crippen LogP contribution in [0.15, 0.2) is 59.5 Å². The van der Waals surface area contributed by atoms with Crippen LogP contribution in [0.5, 0.6) is 0 Å². The van der Waals surface area contributed by atoms with Crippen molar-refractivity contribution in [2.75, 3.05) is 23.1 Å². The van der Waals surface area contributed by atoms with E-state index in [1.54, 1.807) is 19.1 Å². The Morgan fingerprint density at radius 3 is 2.34 bits per heavy atom. The highest BCUT2D eigenvalue weighted by Crippen LogP contribution is 2.36. The number of rotatable bonds is 10. The highest BCUT2D eigenvalue weighted by atomic mass is 32.2. The second-order valence-electron chi connectivity index (χ2n) is 9.93. The molecule has 1 atom stereocenters.